The number of hydrogen-bond donors (Lipinski definition) is 1. The summed E-state index contributed by atoms with van der Waals surface area (Å²) in [6.07, 6.45) is 1.65. The first-order valence-corrected chi connectivity index (χ1v) is 12.0. The average Bonchev–Trinajstić information content (AvgIpc) is 2.91. The average molecular weight is 448 g/mol. The SMILES string of the molecule is O=C(O)C1CCCN(C(c2ccc(-c3ccccc3)cc2)c2ccc(-c3ccccc3)cc2)C1. The molecule has 0 aromatic heterocycles. The van der Waals surface area contributed by atoms with Gasteiger partial charge in [0.05, 0.1) is 12.0 Å². The molecule has 0 spiro atoms. The summed E-state index contributed by atoms with van der Waals surface area (Å²) in [6, 6.07) is 38.3. The van der Waals surface area contributed by atoms with Crippen LogP contribution in [0.5, 0.6) is 0 Å². The third kappa shape index (κ3) is 4.80. The minimum absolute atomic E-state index is 0.0248. The van der Waals surface area contributed by atoms with E-state index >= 15 is 0 Å². The predicted molar refractivity (Wildman–Crippen MR) is 138 cm³/mol. The summed E-state index contributed by atoms with van der Waals surface area (Å²) in [7, 11) is 0. The van der Waals surface area contributed by atoms with E-state index in [4.69, 9.17) is 0 Å². The first-order valence-electron chi connectivity index (χ1n) is 12.0. The number of rotatable bonds is 6. The van der Waals surface area contributed by atoms with Crippen LogP contribution in [0.25, 0.3) is 22.3 Å². The van der Waals surface area contributed by atoms with Crippen molar-refractivity contribution < 1.29 is 9.90 Å². The first kappa shape index (κ1) is 22.1. The smallest absolute Gasteiger partial charge is 0.307 e. The van der Waals surface area contributed by atoms with Gasteiger partial charge in [0.2, 0.25) is 0 Å². The van der Waals surface area contributed by atoms with Gasteiger partial charge in [0.1, 0.15) is 0 Å². The second-order valence-corrected chi connectivity index (χ2v) is 9.05. The lowest BCUT2D eigenvalue weighted by Gasteiger charge is -2.37. The maximum atomic E-state index is 11.8. The molecule has 1 fully saturated rings. The molecule has 1 heterocycles. The molecule has 0 aliphatic carbocycles. The minimum atomic E-state index is -0.692. The van der Waals surface area contributed by atoms with E-state index in [1.165, 1.54) is 33.4 Å². The van der Waals surface area contributed by atoms with E-state index in [1.54, 1.807) is 0 Å². The highest BCUT2D eigenvalue weighted by molar-refractivity contribution is 5.70. The number of carbonyl (C=O) groups is 1. The van der Waals surface area contributed by atoms with E-state index in [0.29, 0.717) is 6.54 Å². The van der Waals surface area contributed by atoms with Gasteiger partial charge >= 0.3 is 5.97 Å². The molecule has 34 heavy (non-hydrogen) atoms. The fourth-order valence-corrected chi connectivity index (χ4v) is 5.03. The van der Waals surface area contributed by atoms with Crippen LogP contribution in [0.15, 0.2) is 109 Å². The van der Waals surface area contributed by atoms with E-state index in [-0.39, 0.29) is 12.0 Å². The monoisotopic (exact) mass is 447 g/mol. The van der Waals surface area contributed by atoms with Crippen molar-refractivity contribution in [2.45, 2.75) is 18.9 Å². The standard InChI is InChI=1S/C31H29NO2/c33-31(34)29-12-7-21-32(22-29)30(27-17-13-25(14-18-27)23-8-3-1-4-9-23)28-19-15-26(16-20-28)24-10-5-2-6-11-24/h1-6,8-11,13-20,29-30H,7,12,21-22H2,(H,33,34). The second-order valence-electron chi connectivity index (χ2n) is 9.05. The zero-order valence-electron chi connectivity index (χ0n) is 19.2. The van der Waals surface area contributed by atoms with E-state index in [1.807, 2.05) is 12.1 Å². The Hall–Kier alpha value is -3.69. The number of benzene rings is 4. The van der Waals surface area contributed by atoms with Crippen LogP contribution >= 0.6 is 0 Å². The summed E-state index contributed by atoms with van der Waals surface area (Å²) in [5, 5.41) is 9.68. The minimum Gasteiger partial charge on any atom is -0.481 e. The van der Waals surface area contributed by atoms with Gasteiger partial charge in [0.15, 0.2) is 0 Å². The van der Waals surface area contributed by atoms with Crippen molar-refractivity contribution in [1.82, 2.24) is 4.90 Å². The van der Waals surface area contributed by atoms with Crippen molar-refractivity contribution in [1.29, 1.82) is 0 Å². The van der Waals surface area contributed by atoms with Gasteiger partial charge in [-0.05, 0) is 52.8 Å². The molecule has 1 aliphatic heterocycles. The Bertz CT molecular complexity index is 1140. The topological polar surface area (TPSA) is 40.5 Å². The lowest BCUT2D eigenvalue weighted by atomic mass is 9.90. The van der Waals surface area contributed by atoms with Gasteiger partial charge < -0.3 is 5.11 Å². The predicted octanol–water partition coefficient (Wildman–Crippen LogP) is 6.91. The summed E-state index contributed by atoms with van der Waals surface area (Å²) < 4.78 is 0. The van der Waals surface area contributed by atoms with Crippen LogP contribution in [-0.4, -0.2) is 29.1 Å². The first-order chi connectivity index (χ1) is 16.7. The third-order valence-corrected chi connectivity index (χ3v) is 6.83. The summed E-state index contributed by atoms with van der Waals surface area (Å²) in [5.74, 6) is -1.01. The molecule has 1 aliphatic rings. The Morgan fingerprint density at radius 2 is 1.12 bits per heavy atom. The number of likely N-dealkylation sites (tertiary alicyclic amines) is 1. The van der Waals surface area contributed by atoms with Crippen LogP contribution in [-0.2, 0) is 4.79 Å². The number of piperidine rings is 1. The van der Waals surface area contributed by atoms with Crippen LogP contribution in [0, 0.1) is 5.92 Å². The highest BCUT2D eigenvalue weighted by atomic mass is 16.4. The van der Waals surface area contributed by atoms with Gasteiger partial charge in [-0.15, -0.1) is 0 Å². The van der Waals surface area contributed by atoms with E-state index in [2.05, 4.69) is 102 Å². The Labute approximate surface area is 201 Å². The fourth-order valence-electron chi connectivity index (χ4n) is 5.03. The van der Waals surface area contributed by atoms with Gasteiger partial charge in [-0.3, -0.25) is 9.69 Å². The van der Waals surface area contributed by atoms with Crippen molar-refractivity contribution in [3.63, 3.8) is 0 Å². The van der Waals surface area contributed by atoms with Crippen molar-refractivity contribution in [3.8, 4) is 22.3 Å². The maximum absolute atomic E-state index is 11.8. The molecule has 1 atom stereocenters. The Morgan fingerprint density at radius 3 is 1.56 bits per heavy atom. The fraction of sp³-hybridized carbons (Fsp3) is 0.194. The van der Waals surface area contributed by atoms with Crippen LogP contribution < -0.4 is 0 Å². The number of aliphatic carboxylic acids is 1. The highest BCUT2D eigenvalue weighted by Gasteiger charge is 2.31. The van der Waals surface area contributed by atoms with Gasteiger partial charge in [0, 0.05) is 6.54 Å². The van der Waals surface area contributed by atoms with Crippen molar-refractivity contribution in [3.05, 3.63) is 120 Å². The molecular weight excluding hydrogens is 418 g/mol. The lowest BCUT2D eigenvalue weighted by molar-refractivity contribution is -0.143. The molecule has 0 bridgehead atoms. The zero-order valence-corrected chi connectivity index (χ0v) is 19.2. The van der Waals surface area contributed by atoms with Crippen LogP contribution in [0.3, 0.4) is 0 Å². The van der Waals surface area contributed by atoms with E-state index in [0.717, 1.165) is 19.4 Å². The van der Waals surface area contributed by atoms with Gasteiger partial charge in [-0.25, -0.2) is 0 Å². The molecule has 3 heteroatoms. The van der Waals surface area contributed by atoms with Gasteiger partial charge in [-0.1, -0.05) is 109 Å². The Balaban J connectivity index is 1.49. The van der Waals surface area contributed by atoms with E-state index in [9.17, 15) is 9.90 Å². The molecule has 1 saturated heterocycles. The molecule has 4 aromatic rings. The quantitative estimate of drug-likeness (QED) is 0.349. The molecule has 1 N–H and O–H groups in total. The molecule has 0 saturated carbocycles. The number of carboxylic acid groups (broad SMARTS) is 1. The normalized spacial score (nSPS) is 16.4. The molecule has 0 radical (unpaired) electrons. The lowest BCUT2D eigenvalue weighted by Crippen LogP contribution is -2.41. The summed E-state index contributed by atoms with van der Waals surface area (Å²) in [4.78, 5) is 14.1. The largest absolute Gasteiger partial charge is 0.481 e. The van der Waals surface area contributed by atoms with Crippen LogP contribution in [0.2, 0.25) is 0 Å². The number of hydrogen-bond acceptors (Lipinski definition) is 2. The van der Waals surface area contributed by atoms with Crippen molar-refractivity contribution >= 4 is 5.97 Å². The summed E-state index contributed by atoms with van der Waals surface area (Å²) in [5.41, 5.74) is 7.15. The van der Waals surface area contributed by atoms with Gasteiger partial charge in [0.25, 0.3) is 0 Å². The molecule has 1 unspecified atom stereocenters. The molecule has 170 valence electrons. The Kier molecular flexibility index (Phi) is 6.55. The third-order valence-electron chi connectivity index (χ3n) is 6.83. The Morgan fingerprint density at radius 1 is 0.676 bits per heavy atom. The molecule has 0 amide bonds. The molecule has 4 aromatic carbocycles. The zero-order chi connectivity index (χ0) is 23.3. The number of nitrogens with zero attached hydrogens (tertiary/aromatic N) is 1. The second kappa shape index (κ2) is 10.1. The number of carboxylic acids is 1. The molecular formula is C31H29NO2. The van der Waals surface area contributed by atoms with Crippen LogP contribution in [0.4, 0.5) is 0 Å². The summed E-state index contributed by atoms with van der Waals surface area (Å²) in [6.45, 7) is 1.47. The van der Waals surface area contributed by atoms with Crippen molar-refractivity contribution in [2.75, 3.05) is 13.1 Å². The molecule has 3 nitrogen and oxygen atoms in total. The highest BCUT2D eigenvalue weighted by Crippen LogP contribution is 2.35. The maximum Gasteiger partial charge on any atom is 0.307 e. The molecule has 5 rings (SSSR count). The van der Waals surface area contributed by atoms with Crippen LogP contribution in [0.1, 0.15) is 30.0 Å². The van der Waals surface area contributed by atoms with Crippen molar-refractivity contribution in [2.24, 2.45) is 5.92 Å². The van der Waals surface area contributed by atoms with E-state index < -0.39 is 5.97 Å². The summed E-state index contributed by atoms with van der Waals surface area (Å²) >= 11 is 0. The van der Waals surface area contributed by atoms with Gasteiger partial charge in [-0.2, -0.15) is 0 Å².